The highest BCUT2D eigenvalue weighted by Gasteiger charge is 2.28. The van der Waals surface area contributed by atoms with Gasteiger partial charge in [-0.15, -0.1) is 12.4 Å². The highest BCUT2D eigenvalue weighted by Crippen LogP contribution is 2.14. The van der Waals surface area contributed by atoms with Crippen LogP contribution in [0.4, 0.5) is 0 Å². The Hall–Kier alpha value is -1.14. The van der Waals surface area contributed by atoms with Crippen molar-refractivity contribution in [2.75, 3.05) is 13.1 Å². The number of rotatable bonds is 3. The van der Waals surface area contributed by atoms with Crippen molar-refractivity contribution >= 4 is 18.3 Å². The van der Waals surface area contributed by atoms with Crippen LogP contribution >= 0.6 is 12.4 Å². The molecule has 2 aliphatic rings. The molecule has 2 N–H and O–H groups in total. The Morgan fingerprint density at radius 3 is 2.95 bits per heavy atom. The van der Waals surface area contributed by atoms with Gasteiger partial charge in [0.05, 0.1) is 12.5 Å². The van der Waals surface area contributed by atoms with E-state index < -0.39 is 0 Å². The van der Waals surface area contributed by atoms with Crippen LogP contribution in [0.15, 0.2) is 0 Å². The van der Waals surface area contributed by atoms with Crippen LogP contribution in [0.25, 0.3) is 0 Å². The number of halogens is 1. The molecule has 1 unspecified atom stereocenters. The van der Waals surface area contributed by atoms with E-state index in [1.807, 2.05) is 4.68 Å². The first-order valence-electron chi connectivity index (χ1n) is 6.70. The van der Waals surface area contributed by atoms with E-state index in [1.165, 1.54) is 0 Å². The summed E-state index contributed by atoms with van der Waals surface area (Å²) in [5.74, 6) is 2.30. The van der Waals surface area contributed by atoms with Gasteiger partial charge in [-0.05, 0) is 6.42 Å². The molecule has 1 atom stereocenters. The van der Waals surface area contributed by atoms with Crippen LogP contribution in [0.2, 0.25) is 0 Å². The number of carbonyl (C=O) groups is 1. The van der Waals surface area contributed by atoms with Crippen molar-refractivity contribution in [2.24, 2.45) is 5.92 Å². The minimum absolute atomic E-state index is 0. The summed E-state index contributed by atoms with van der Waals surface area (Å²) < 4.78 is 1.95. The number of aromatic nitrogens is 3. The molecule has 0 radical (unpaired) electrons. The molecular weight excluding hydrogens is 266 g/mol. The molecule has 0 aromatic carbocycles. The minimum Gasteiger partial charge on any atom is -0.351 e. The Labute approximate surface area is 118 Å². The number of fused-ring (bicyclic) bond motifs is 1. The maximum Gasteiger partial charge on any atom is 0.225 e. The molecule has 0 aliphatic carbocycles. The Morgan fingerprint density at radius 1 is 1.53 bits per heavy atom. The third-order valence-electron chi connectivity index (χ3n) is 3.72. The lowest BCUT2D eigenvalue weighted by Gasteiger charge is -2.30. The summed E-state index contributed by atoms with van der Waals surface area (Å²) in [6.45, 7) is 4.44. The molecule has 2 aliphatic heterocycles. The third-order valence-corrected chi connectivity index (χ3v) is 3.72. The van der Waals surface area contributed by atoms with Crippen molar-refractivity contribution in [3.8, 4) is 0 Å². The van der Waals surface area contributed by atoms with Crippen LogP contribution in [0.3, 0.4) is 0 Å². The second-order valence-electron chi connectivity index (χ2n) is 5.08. The zero-order valence-corrected chi connectivity index (χ0v) is 11.9. The summed E-state index contributed by atoms with van der Waals surface area (Å²) >= 11 is 0. The zero-order chi connectivity index (χ0) is 12.5. The van der Waals surface area contributed by atoms with Gasteiger partial charge in [0.15, 0.2) is 5.82 Å². The Morgan fingerprint density at radius 2 is 2.32 bits per heavy atom. The summed E-state index contributed by atoms with van der Waals surface area (Å²) in [6, 6.07) is 0.206. The molecule has 19 heavy (non-hydrogen) atoms. The summed E-state index contributed by atoms with van der Waals surface area (Å²) in [7, 11) is 0. The van der Waals surface area contributed by atoms with Gasteiger partial charge in [-0.1, -0.05) is 6.92 Å². The fourth-order valence-electron chi connectivity index (χ4n) is 2.42. The smallest absolute Gasteiger partial charge is 0.225 e. The summed E-state index contributed by atoms with van der Waals surface area (Å²) in [5.41, 5.74) is 0. The summed E-state index contributed by atoms with van der Waals surface area (Å²) in [4.78, 5) is 16.3. The van der Waals surface area contributed by atoms with E-state index in [2.05, 4.69) is 27.6 Å². The van der Waals surface area contributed by atoms with Gasteiger partial charge in [0.2, 0.25) is 5.91 Å². The average molecular weight is 286 g/mol. The number of nitrogens with zero attached hydrogens (tertiary/aromatic N) is 3. The topological polar surface area (TPSA) is 71.8 Å². The maximum atomic E-state index is 11.9. The minimum atomic E-state index is 0. The van der Waals surface area contributed by atoms with Gasteiger partial charge in [-0.25, -0.2) is 9.67 Å². The van der Waals surface area contributed by atoms with Crippen LogP contribution < -0.4 is 10.6 Å². The van der Waals surface area contributed by atoms with E-state index >= 15 is 0 Å². The Bertz CT molecular complexity index is 457. The Balaban J connectivity index is 0.00000133. The predicted molar refractivity (Wildman–Crippen MR) is 73.3 cm³/mol. The lowest BCUT2D eigenvalue weighted by Crippen LogP contribution is -2.53. The van der Waals surface area contributed by atoms with Gasteiger partial charge in [0, 0.05) is 32.0 Å². The van der Waals surface area contributed by atoms with Gasteiger partial charge in [0.25, 0.3) is 0 Å². The first-order chi connectivity index (χ1) is 8.76. The van der Waals surface area contributed by atoms with Gasteiger partial charge in [-0.3, -0.25) is 4.79 Å². The van der Waals surface area contributed by atoms with E-state index in [-0.39, 0.29) is 30.3 Å². The number of amides is 1. The molecular formula is C12H20ClN5O. The summed E-state index contributed by atoms with van der Waals surface area (Å²) in [6.07, 6.45) is 2.74. The van der Waals surface area contributed by atoms with E-state index in [0.29, 0.717) is 0 Å². The van der Waals surface area contributed by atoms with E-state index in [0.717, 1.165) is 50.5 Å². The molecule has 0 bridgehead atoms. The Kier molecular flexibility index (Phi) is 4.42. The average Bonchev–Trinajstić information content (AvgIpc) is 2.68. The molecule has 6 nitrogen and oxygen atoms in total. The molecule has 7 heteroatoms. The standard InChI is InChI=1S/C12H19N5O.ClH/c1-2-10-15-11-4-3-9(7-17(11)16-10)14-12(18)8-5-13-6-8;/h8-9,13H,2-7H2,1H3,(H,14,18);1H. The number of hydrogen-bond acceptors (Lipinski definition) is 4. The van der Waals surface area contributed by atoms with Gasteiger partial charge in [-0.2, -0.15) is 5.10 Å². The number of nitrogens with one attached hydrogen (secondary N) is 2. The monoisotopic (exact) mass is 285 g/mol. The quantitative estimate of drug-likeness (QED) is 0.814. The fraction of sp³-hybridized carbons (Fsp3) is 0.750. The summed E-state index contributed by atoms with van der Waals surface area (Å²) in [5, 5.41) is 10.7. The molecule has 3 heterocycles. The fourth-order valence-corrected chi connectivity index (χ4v) is 2.42. The molecule has 0 spiro atoms. The molecule has 1 fully saturated rings. The lowest BCUT2D eigenvalue weighted by molar-refractivity contribution is -0.127. The number of hydrogen-bond donors (Lipinski definition) is 2. The van der Waals surface area contributed by atoms with Gasteiger partial charge in [0.1, 0.15) is 5.82 Å². The van der Waals surface area contributed by atoms with Crippen molar-refractivity contribution < 1.29 is 4.79 Å². The van der Waals surface area contributed by atoms with Crippen LogP contribution in [-0.2, 0) is 24.2 Å². The van der Waals surface area contributed by atoms with Crippen molar-refractivity contribution in [1.82, 2.24) is 25.4 Å². The largest absolute Gasteiger partial charge is 0.351 e. The van der Waals surface area contributed by atoms with Crippen molar-refractivity contribution in [3.05, 3.63) is 11.6 Å². The van der Waals surface area contributed by atoms with Crippen LogP contribution in [0.1, 0.15) is 25.0 Å². The highest BCUT2D eigenvalue weighted by atomic mass is 35.5. The maximum absolute atomic E-state index is 11.9. The second-order valence-corrected chi connectivity index (χ2v) is 5.08. The van der Waals surface area contributed by atoms with Crippen LogP contribution in [-0.4, -0.2) is 39.8 Å². The number of carbonyl (C=O) groups excluding carboxylic acids is 1. The first kappa shape index (κ1) is 14.3. The molecule has 1 aromatic rings. The first-order valence-corrected chi connectivity index (χ1v) is 6.70. The predicted octanol–water partition coefficient (Wildman–Crippen LogP) is -0.0873. The zero-order valence-electron chi connectivity index (χ0n) is 11.1. The lowest BCUT2D eigenvalue weighted by atomic mass is 10.0. The second kappa shape index (κ2) is 5.88. The molecule has 3 rings (SSSR count). The molecule has 1 saturated heterocycles. The van der Waals surface area contributed by atoms with Crippen LogP contribution in [0.5, 0.6) is 0 Å². The van der Waals surface area contributed by atoms with Crippen molar-refractivity contribution in [1.29, 1.82) is 0 Å². The van der Waals surface area contributed by atoms with Crippen molar-refractivity contribution in [2.45, 2.75) is 38.8 Å². The number of aryl methyl sites for hydroxylation is 2. The normalized spacial score (nSPS) is 22.1. The highest BCUT2D eigenvalue weighted by molar-refractivity contribution is 5.85. The van der Waals surface area contributed by atoms with E-state index in [9.17, 15) is 4.79 Å². The van der Waals surface area contributed by atoms with Crippen LogP contribution in [0, 0.1) is 5.92 Å². The van der Waals surface area contributed by atoms with E-state index in [1.54, 1.807) is 0 Å². The molecule has 0 saturated carbocycles. The third kappa shape index (κ3) is 2.90. The van der Waals surface area contributed by atoms with Gasteiger partial charge < -0.3 is 10.6 Å². The van der Waals surface area contributed by atoms with Gasteiger partial charge >= 0.3 is 0 Å². The van der Waals surface area contributed by atoms with E-state index in [4.69, 9.17) is 0 Å². The molecule has 106 valence electrons. The molecule has 1 aromatic heterocycles. The SMILES string of the molecule is CCc1nc2n(n1)CC(NC(=O)C1CNC1)CC2.Cl. The molecule has 1 amide bonds. The van der Waals surface area contributed by atoms with Crippen molar-refractivity contribution in [3.63, 3.8) is 0 Å².